The van der Waals surface area contributed by atoms with Gasteiger partial charge in [-0.3, -0.25) is 4.79 Å². The highest BCUT2D eigenvalue weighted by molar-refractivity contribution is 6.34. The van der Waals surface area contributed by atoms with E-state index in [9.17, 15) is 14.4 Å². The van der Waals surface area contributed by atoms with Crippen LogP contribution in [0.25, 0.3) is 11.0 Å². The molecule has 0 radical (unpaired) electrons. The van der Waals surface area contributed by atoms with Crippen molar-refractivity contribution in [2.75, 3.05) is 13.2 Å². The van der Waals surface area contributed by atoms with Gasteiger partial charge in [-0.15, -0.1) is 0 Å². The highest BCUT2D eigenvalue weighted by Crippen LogP contribution is 2.28. The zero-order valence-corrected chi connectivity index (χ0v) is 19.8. The lowest BCUT2D eigenvalue weighted by Gasteiger charge is -2.09. The van der Waals surface area contributed by atoms with Crippen molar-refractivity contribution in [3.05, 3.63) is 104 Å². The molecule has 0 saturated heterocycles. The fourth-order valence-electron chi connectivity index (χ4n) is 3.26. The average molecular weight is 512 g/mol. The van der Waals surface area contributed by atoms with Crippen LogP contribution in [0.5, 0.6) is 11.5 Å². The number of hydrogen-bond acceptors (Lipinski definition) is 6. The van der Waals surface area contributed by atoms with Crippen LogP contribution in [0.3, 0.4) is 0 Å². The predicted octanol–water partition coefficient (Wildman–Crippen LogP) is 5.06. The zero-order valence-electron chi connectivity index (χ0n) is 18.3. The Morgan fingerprint density at radius 2 is 1.74 bits per heavy atom. The molecule has 1 amide bonds. The fourth-order valence-corrected chi connectivity index (χ4v) is 3.59. The fraction of sp³-hybridized carbons (Fsp3) is 0.115. The maximum Gasteiger partial charge on any atom is 0.349 e. The summed E-state index contributed by atoms with van der Waals surface area (Å²) in [6, 6.07) is 20.2. The molecule has 0 fully saturated rings. The lowest BCUT2D eigenvalue weighted by Crippen LogP contribution is -2.29. The van der Waals surface area contributed by atoms with Crippen molar-refractivity contribution in [2.45, 2.75) is 6.42 Å². The minimum atomic E-state index is -0.794. The van der Waals surface area contributed by atoms with Crippen LogP contribution in [0.4, 0.5) is 0 Å². The summed E-state index contributed by atoms with van der Waals surface area (Å²) in [4.78, 5) is 37.0. The number of carbonyl (C=O) groups is 2. The molecule has 0 atom stereocenters. The van der Waals surface area contributed by atoms with E-state index in [-0.39, 0.29) is 22.6 Å². The second-order valence-electron chi connectivity index (χ2n) is 7.48. The first-order valence-corrected chi connectivity index (χ1v) is 11.3. The minimum absolute atomic E-state index is 0.109. The number of carbonyl (C=O) groups excluding carboxylic acids is 2. The molecular formula is C26H19Cl2NO6. The van der Waals surface area contributed by atoms with Crippen molar-refractivity contribution in [1.82, 2.24) is 5.32 Å². The molecule has 1 heterocycles. The molecule has 0 aliphatic heterocycles. The molecule has 1 aromatic heterocycles. The Morgan fingerprint density at radius 3 is 2.54 bits per heavy atom. The van der Waals surface area contributed by atoms with E-state index in [1.807, 2.05) is 30.3 Å². The van der Waals surface area contributed by atoms with Crippen LogP contribution in [-0.2, 0) is 11.2 Å². The largest absolute Gasteiger partial charge is 0.480 e. The summed E-state index contributed by atoms with van der Waals surface area (Å²) < 4.78 is 15.9. The monoisotopic (exact) mass is 511 g/mol. The molecule has 35 heavy (non-hydrogen) atoms. The van der Waals surface area contributed by atoms with Gasteiger partial charge < -0.3 is 19.2 Å². The molecule has 0 unspecified atom stereocenters. The van der Waals surface area contributed by atoms with Crippen molar-refractivity contribution in [3.8, 4) is 11.5 Å². The van der Waals surface area contributed by atoms with Crippen LogP contribution < -0.4 is 20.4 Å². The lowest BCUT2D eigenvalue weighted by molar-refractivity contribution is -0.136. The van der Waals surface area contributed by atoms with Gasteiger partial charge in [-0.1, -0.05) is 53.5 Å². The van der Waals surface area contributed by atoms with Crippen LogP contribution in [0.2, 0.25) is 10.0 Å². The summed E-state index contributed by atoms with van der Waals surface area (Å²) in [5.41, 5.74) is 0.334. The molecule has 4 rings (SSSR count). The lowest BCUT2D eigenvalue weighted by atomic mass is 10.1. The maximum absolute atomic E-state index is 12.5. The third-order valence-electron chi connectivity index (χ3n) is 4.96. The van der Waals surface area contributed by atoms with E-state index in [0.717, 1.165) is 5.56 Å². The van der Waals surface area contributed by atoms with Crippen molar-refractivity contribution >= 4 is 46.0 Å². The van der Waals surface area contributed by atoms with Crippen molar-refractivity contribution in [1.29, 1.82) is 0 Å². The first-order chi connectivity index (χ1) is 16.9. The van der Waals surface area contributed by atoms with E-state index in [1.165, 1.54) is 24.3 Å². The Balaban J connectivity index is 1.38. The van der Waals surface area contributed by atoms with E-state index in [0.29, 0.717) is 28.4 Å². The standard InChI is InChI=1S/C26H19Cl2NO6/c27-18-7-9-21(28)23(13-18)33-15-24(30)34-19-8-6-17-12-20(26(32)35-22(17)14-19)25(31)29-11-10-16-4-2-1-3-5-16/h1-9,12-14H,10-11,15H2,(H,29,31). The first kappa shape index (κ1) is 24.3. The van der Waals surface area contributed by atoms with Gasteiger partial charge >= 0.3 is 11.6 Å². The Hall–Kier alpha value is -3.81. The third-order valence-corrected chi connectivity index (χ3v) is 5.51. The predicted molar refractivity (Wildman–Crippen MR) is 133 cm³/mol. The topological polar surface area (TPSA) is 94.8 Å². The molecule has 178 valence electrons. The molecule has 0 bridgehead atoms. The van der Waals surface area contributed by atoms with Crippen molar-refractivity contribution < 1.29 is 23.5 Å². The Bertz CT molecular complexity index is 1440. The van der Waals surface area contributed by atoms with Crippen LogP contribution in [0.15, 0.2) is 82.0 Å². The normalized spacial score (nSPS) is 10.7. The number of fused-ring (bicyclic) bond motifs is 1. The minimum Gasteiger partial charge on any atom is -0.480 e. The summed E-state index contributed by atoms with van der Waals surface area (Å²) in [5, 5.41) is 3.93. The van der Waals surface area contributed by atoms with E-state index in [2.05, 4.69) is 5.32 Å². The van der Waals surface area contributed by atoms with Crippen molar-refractivity contribution in [3.63, 3.8) is 0 Å². The number of nitrogens with one attached hydrogen (secondary N) is 1. The summed E-state index contributed by atoms with van der Waals surface area (Å²) in [7, 11) is 0. The molecule has 0 saturated carbocycles. The van der Waals surface area contributed by atoms with Gasteiger partial charge in [0, 0.05) is 29.1 Å². The van der Waals surface area contributed by atoms with Gasteiger partial charge in [-0.05, 0) is 42.3 Å². The number of benzene rings is 3. The summed E-state index contributed by atoms with van der Waals surface area (Å²) in [6.07, 6.45) is 0.632. The number of esters is 1. The molecule has 9 heteroatoms. The van der Waals surface area contributed by atoms with Gasteiger partial charge in [-0.25, -0.2) is 9.59 Å². The number of hydrogen-bond donors (Lipinski definition) is 1. The first-order valence-electron chi connectivity index (χ1n) is 10.6. The van der Waals surface area contributed by atoms with Crippen LogP contribution in [0.1, 0.15) is 15.9 Å². The van der Waals surface area contributed by atoms with Gasteiger partial charge in [0.05, 0.1) is 5.02 Å². The third kappa shape index (κ3) is 6.41. The Kier molecular flexibility index (Phi) is 7.70. The second kappa shape index (κ2) is 11.1. The van der Waals surface area contributed by atoms with Crippen molar-refractivity contribution in [2.24, 2.45) is 0 Å². The van der Waals surface area contributed by atoms with E-state index in [1.54, 1.807) is 18.2 Å². The number of halogens is 2. The van der Waals surface area contributed by atoms with Gasteiger partial charge in [0.2, 0.25) is 0 Å². The summed E-state index contributed by atoms with van der Waals surface area (Å²) in [6.45, 7) is -0.0399. The van der Waals surface area contributed by atoms with E-state index < -0.39 is 24.1 Å². The van der Waals surface area contributed by atoms with Gasteiger partial charge in [0.25, 0.3) is 5.91 Å². The molecule has 1 N–H and O–H groups in total. The van der Waals surface area contributed by atoms with Crippen LogP contribution >= 0.6 is 23.2 Å². The van der Waals surface area contributed by atoms with E-state index >= 15 is 0 Å². The second-order valence-corrected chi connectivity index (χ2v) is 8.32. The maximum atomic E-state index is 12.5. The van der Waals surface area contributed by atoms with Gasteiger partial charge in [-0.2, -0.15) is 0 Å². The smallest absolute Gasteiger partial charge is 0.349 e. The molecule has 0 spiro atoms. The van der Waals surface area contributed by atoms with Crippen LogP contribution in [-0.4, -0.2) is 25.0 Å². The van der Waals surface area contributed by atoms with Gasteiger partial charge in [0.15, 0.2) is 6.61 Å². The highest BCUT2D eigenvalue weighted by atomic mass is 35.5. The Morgan fingerprint density at radius 1 is 0.943 bits per heavy atom. The highest BCUT2D eigenvalue weighted by Gasteiger charge is 2.15. The average Bonchev–Trinajstić information content (AvgIpc) is 2.84. The van der Waals surface area contributed by atoms with E-state index in [4.69, 9.17) is 37.1 Å². The SMILES string of the molecule is O=C(COc1cc(Cl)ccc1Cl)Oc1ccc2cc(C(=O)NCCc3ccccc3)c(=O)oc2c1. The molecular weight excluding hydrogens is 493 g/mol. The van der Waals surface area contributed by atoms with Crippen LogP contribution in [0, 0.1) is 0 Å². The molecule has 3 aromatic carbocycles. The Labute approximate surface area is 210 Å². The zero-order chi connectivity index (χ0) is 24.8. The van der Waals surface area contributed by atoms with Gasteiger partial charge in [0.1, 0.15) is 22.6 Å². The summed E-state index contributed by atoms with van der Waals surface area (Å²) in [5.74, 6) is -0.831. The number of rotatable bonds is 8. The molecule has 0 aliphatic rings. The number of ether oxygens (including phenoxy) is 2. The molecule has 0 aliphatic carbocycles. The summed E-state index contributed by atoms with van der Waals surface area (Å²) >= 11 is 11.9. The molecule has 7 nitrogen and oxygen atoms in total. The number of amides is 1. The molecule has 4 aromatic rings. The quantitative estimate of drug-likeness (QED) is 0.202.